The Morgan fingerprint density at radius 3 is 2.56 bits per heavy atom. The Morgan fingerprint density at radius 1 is 1.25 bits per heavy atom. The largest absolute Gasteiger partial charge is 0.317 e. The van der Waals surface area contributed by atoms with Crippen LogP contribution >= 0.6 is 0 Å². The Bertz CT molecular complexity index is 274. The van der Waals surface area contributed by atoms with Gasteiger partial charge in [-0.25, -0.2) is 13.1 Å². The lowest BCUT2D eigenvalue weighted by Gasteiger charge is -2.25. The van der Waals surface area contributed by atoms with Crippen LogP contribution in [-0.2, 0) is 10.0 Å². The van der Waals surface area contributed by atoms with Gasteiger partial charge in [-0.15, -0.1) is 0 Å². The molecule has 0 bridgehead atoms. The third-order valence-electron chi connectivity index (χ3n) is 3.12. The van der Waals surface area contributed by atoms with Crippen LogP contribution < -0.4 is 10.0 Å². The average Bonchev–Trinajstić information content (AvgIpc) is 2.17. The second-order valence-corrected chi connectivity index (χ2v) is 6.43. The number of sulfonamides is 1. The second-order valence-electron chi connectivity index (χ2n) is 4.51. The molecule has 1 fully saturated rings. The van der Waals surface area contributed by atoms with Crippen LogP contribution in [0, 0.1) is 5.92 Å². The summed E-state index contributed by atoms with van der Waals surface area (Å²) in [7, 11) is -3.03. The molecule has 0 aliphatic heterocycles. The summed E-state index contributed by atoms with van der Waals surface area (Å²) in [6.07, 6.45) is 5.57. The quantitative estimate of drug-likeness (QED) is 0.601. The van der Waals surface area contributed by atoms with Crippen molar-refractivity contribution in [1.82, 2.24) is 10.0 Å². The molecule has 1 aliphatic rings. The third-order valence-corrected chi connectivity index (χ3v) is 4.59. The first-order valence-electron chi connectivity index (χ1n) is 6.32. The Morgan fingerprint density at radius 2 is 2.00 bits per heavy atom. The second kappa shape index (κ2) is 7.25. The van der Waals surface area contributed by atoms with Crippen molar-refractivity contribution in [3.8, 4) is 0 Å². The highest BCUT2D eigenvalue weighted by atomic mass is 32.2. The molecule has 16 heavy (non-hydrogen) atoms. The molecule has 0 amide bonds. The molecule has 1 aliphatic carbocycles. The van der Waals surface area contributed by atoms with Crippen molar-refractivity contribution < 1.29 is 8.42 Å². The Hall–Kier alpha value is -0.130. The molecule has 5 heteroatoms. The molecular formula is C11H24N2O2S. The Kier molecular flexibility index (Phi) is 6.31. The zero-order valence-corrected chi connectivity index (χ0v) is 11.0. The minimum absolute atomic E-state index is 0.241. The van der Waals surface area contributed by atoms with Crippen molar-refractivity contribution in [3.63, 3.8) is 0 Å². The molecule has 0 saturated heterocycles. The summed E-state index contributed by atoms with van der Waals surface area (Å²) in [6.45, 7) is 4.31. The maximum Gasteiger partial charge on any atom is 0.211 e. The lowest BCUT2D eigenvalue weighted by molar-refractivity contribution is 0.297. The monoisotopic (exact) mass is 248 g/mol. The van der Waals surface area contributed by atoms with E-state index in [1.54, 1.807) is 0 Å². The topological polar surface area (TPSA) is 58.2 Å². The summed E-state index contributed by atoms with van der Waals surface area (Å²) >= 11 is 0. The predicted octanol–water partition coefficient (Wildman–Crippen LogP) is 1.10. The minimum Gasteiger partial charge on any atom is -0.317 e. The Balaban J connectivity index is 2.03. The van der Waals surface area contributed by atoms with E-state index in [4.69, 9.17) is 0 Å². The van der Waals surface area contributed by atoms with Gasteiger partial charge in [0, 0.05) is 6.54 Å². The van der Waals surface area contributed by atoms with Crippen LogP contribution in [0.3, 0.4) is 0 Å². The van der Waals surface area contributed by atoms with Gasteiger partial charge in [-0.3, -0.25) is 0 Å². The van der Waals surface area contributed by atoms with E-state index >= 15 is 0 Å². The van der Waals surface area contributed by atoms with Crippen LogP contribution in [0.15, 0.2) is 0 Å². The van der Waals surface area contributed by atoms with Gasteiger partial charge < -0.3 is 5.32 Å². The third kappa shape index (κ3) is 5.82. The van der Waals surface area contributed by atoms with Crippen LogP contribution in [0.25, 0.3) is 0 Å². The van der Waals surface area contributed by atoms with E-state index < -0.39 is 10.0 Å². The first kappa shape index (κ1) is 13.9. The Labute approximate surface area is 99.2 Å². The lowest BCUT2D eigenvalue weighted by Crippen LogP contribution is -2.30. The standard InChI is InChI=1S/C11H24N2O2S/c1-2-12-8-4-10-16(14,15)13-9-7-11-5-3-6-11/h11-13H,2-10H2,1H3. The summed E-state index contributed by atoms with van der Waals surface area (Å²) < 4.78 is 25.8. The van der Waals surface area contributed by atoms with Gasteiger partial charge >= 0.3 is 0 Å². The van der Waals surface area contributed by atoms with Crippen LogP contribution in [0.1, 0.15) is 39.0 Å². The smallest absolute Gasteiger partial charge is 0.211 e. The van der Waals surface area contributed by atoms with Gasteiger partial charge in [0.1, 0.15) is 0 Å². The molecule has 2 N–H and O–H groups in total. The highest BCUT2D eigenvalue weighted by Crippen LogP contribution is 2.28. The molecule has 96 valence electrons. The number of hydrogen-bond acceptors (Lipinski definition) is 3. The van der Waals surface area contributed by atoms with Crippen LogP contribution in [0.5, 0.6) is 0 Å². The first-order chi connectivity index (χ1) is 7.64. The summed E-state index contributed by atoms with van der Waals surface area (Å²) in [5.41, 5.74) is 0. The molecule has 0 heterocycles. The van der Waals surface area contributed by atoms with E-state index in [1.807, 2.05) is 6.92 Å². The maximum atomic E-state index is 11.5. The fourth-order valence-corrected chi connectivity index (χ4v) is 2.93. The van der Waals surface area contributed by atoms with Gasteiger partial charge in [0.2, 0.25) is 10.0 Å². The average molecular weight is 248 g/mol. The molecular weight excluding hydrogens is 224 g/mol. The van der Waals surface area contributed by atoms with Gasteiger partial charge in [-0.2, -0.15) is 0 Å². The van der Waals surface area contributed by atoms with Crippen molar-refractivity contribution in [1.29, 1.82) is 0 Å². The molecule has 0 aromatic carbocycles. The summed E-state index contributed by atoms with van der Waals surface area (Å²) in [5, 5.41) is 3.12. The number of nitrogens with one attached hydrogen (secondary N) is 2. The van der Waals surface area contributed by atoms with E-state index in [-0.39, 0.29) is 5.75 Å². The van der Waals surface area contributed by atoms with Gasteiger partial charge in [0.25, 0.3) is 0 Å². The molecule has 1 saturated carbocycles. The summed E-state index contributed by atoms with van der Waals surface area (Å²) in [5.74, 6) is 1.01. The zero-order valence-electron chi connectivity index (χ0n) is 10.2. The fraction of sp³-hybridized carbons (Fsp3) is 1.00. The minimum atomic E-state index is -3.03. The molecule has 0 radical (unpaired) electrons. The number of rotatable bonds is 9. The van der Waals surface area contributed by atoms with E-state index in [0.29, 0.717) is 13.0 Å². The van der Waals surface area contributed by atoms with Crippen molar-refractivity contribution in [2.45, 2.75) is 39.0 Å². The maximum absolute atomic E-state index is 11.5. The molecule has 0 atom stereocenters. The van der Waals surface area contributed by atoms with Gasteiger partial charge in [-0.1, -0.05) is 26.2 Å². The zero-order chi connectivity index (χ0) is 11.9. The predicted molar refractivity (Wildman–Crippen MR) is 66.9 cm³/mol. The van der Waals surface area contributed by atoms with Crippen molar-refractivity contribution >= 4 is 10.0 Å². The summed E-state index contributed by atoms with van der Waals surface area (Å²) in [4.78, 5) is 0. The van der Waals surface area contributed by atoms with Crippen molar-refractivity contribution in [3.05, 3.63) is 0 Å². The molecule has 0 aromatic heterocycles. The van der Waals surface area contributed by atoms with E-state index in [1.165, 1.54) is 19.3 Å². The fourth-order valence-electron chi connectivity index (χ4n) is 1.84. The van der Waals surface area contributed by atoms with E-state index in [9.17, 15) is 8.42 Å². The number of hydrogen-bond donors (Lipinski definition) is 2. The van der Waals surface area contributed by atoms with Crippen LogP contribution in [-0.4, -0.2) is 33.8 Å². The van der Waals surface area contributed by atoms with Crippen molar-refractivity contribution in [2.75, 3.05) is 25.4 Å². The SMILES string of the molecule is CCNCCCS(=O)(=O)NCCC1CCC1. The van der Waals surface area contributed by atoms with Crippen molar-refractivity contribution in [2.24, 2.45) is 5.92 Å². The molecule has 4 nitrogen and oxygen atoms in total. The molecule has 0 spiro atoms. The van der Waals surface area contributed by atoms with Gasteiger partial charge in [0.15, 0.2) is 0 Å². The van der Waals surface area contributed by atoms with Crippen LogP contribution in [0.4, 0.5) is 0 Å². The first-order valence-corrected chi connectivity index (χ1v) is 7.97. The van der Waals surface area contributed by atoms with E-state index in [2.05, 4.69) is 10.0 Å². The van der Waals surface area contributed by atoms with Gasteiger partial charge in [-0.05, 0) is 31.8 Å². The van der Waals surface area contributed by atoms with E-state index in [0.717, 1.165) is 25.4 Å². The lowest BCUT2D eigenvalue weighted by atomic mass is 9.83. The molecule has 0 aromatic rings. The highest BCUT2D eigenvalue weighted by Gasteiger charge is 2.17. The normalized spacial score (nSPS) is 17.3. The molecule has 0 unspecified atom stereocenters. The van der Waals surface area contributed by atoms with Gasteiger partial charge in [0.05, 0.1) is 5.75 Å². The van der Waals surface area contributed by atoms with Crippen LogP contribution in [0.2, 0.25) is 0 Å². The summed E-state index contributed by atoms with van der Waals surface area (Å²) in [6, 6.07) is 0. The highest BCUT2D eigenvalue weighted by molar-refractivity contribution is 7.89. The molecule has 1 rings (SSSR count).